The Balaban J connectivity index is 1.30. The highest BCUT2D eigenvalue weighted by Crippen LogP contribution is 2.38. The number of hydrogen-bond acceptors (Lipinski definition) is 4. The molecule has 1 saturated carbocycles. The highest BCUT2D eigenvalue weighted by atomic mass is 32.2. The van der Waals surface area contributed by atoms with Gasteiger partial charge < -0.3 is 10.1 Å². The molecule has 0 radical (unpaired) electrons. The first-order chi connectivity index (χ1) is 11.4. The van der Waals surface area contributed by atoms with Crippen LogP contribution < -0.4 is 5.32 Å². The third-order valence-electron chi connectivity index (χ3n) is 5.89. The van der Waals surface area contributed by atoms with E-state index in [1.54, 1.807) is 0 Å². The molecule has 2 aliphatic heterocycles. The predicted molar refractivity (Wildman–Crippen MR) is 97.3 cm³/mol. The van der Waals surface area contributed by atoms with Crippen molar-refractivity contribution in [3.05, 3.63) is 35.9 Å². The van der Waals surface area contributed by atoms with Gasteiger partial charge in [0.25, 0.3) is 0 Å². The highest BCUT2D eigenvalue weighted by molar-refractivity contribution is 7.99. The van der Waals surface area contributed by atoms with Crippen LogP contribution in [0.5, 0.6) is 0 Å². The van der Waals surface area contributed by atoms with Gasteiger partial charge in [-0.05, 0) is 36.5 Å². The fraction of sp³-hybridized carbons (Fsp3) is 0.684. The van der Waals surface area contributed by atoms with Crippen molar-refractivity contribution in [1.29, 1.82) is 0 Å². The lowest BCUT2D eigenvalue weighted by atomic mass is 9.75. The lowest BCUT2D eigenvalue weighted by molar-refractivity contribution is -0.0150. The molecule has 0 amide bonds. The van der Waals surface area contributed by atoms with Crippen molar-refractivity contribution in [3.8, 4) is 0 Å². The van der Waals surface area contributed by atoms with Crippen LogP contribution in [0.2, 0.25) is 0 Å². The van der Waals surface area contributed by atoms with Gasteiger partial charge in [-0.25, -0.2) is 0 Å². The van der Waals surface area contributed by atoms with Gasteiger partial charge in [0.15, 0.2) is 0 Å². The van der Waals surface area contributed by atoms with Gasteiger partial charge in [-0.3, -0.25) is 4.90 Å². The minimum Gasteiger partial charge on any atom is -0.379 e. The molecule has 3 nitrogen and oxygen atoms in total. The average molecular weight is 333 g/mol. The lowest BCUT2D eigenvalue weighted by Gasteiger charge is -2.45. The Hall–Kier alpha value is -0.550. The van der Waals surface area contributed by atoms with E-state index in [0.717, 1.165) is 38.8 Å². The van der Waals surface area contributed by atoms with Crippen LogP contribution in [0.25, 0.3) is 0 Å². The van der Waals surface area contributed by atoms with Crippen molar-refractivity contribution in [3.63, 3.8) is 0 Å². The second kappa shape index (κ2) is 7.14. The summed E-state index contributed by atoms with van der Waals surface area (Å²) in [7, 11) is 0. The van der Waals surface area contributed by atoms with Gasteiger partial charge in [-0.15, -0.1) is 0 Å². The normalized spacial score (nSPS) is 35.1. The van der Waals surface area contributed by atoms with Gasteiger partial charge >= 0.3 is 0 Å². The molecule has 3 aliphatic rings. The summed E-state index contributed by atoms with van der Waals surface area (Å²) in [5.74, 6) is 3.37. The Kier molecular flexibility index (Phi) is 4.95. The van der Waals surface area contributed by atoms with E-state index in [9.17, 15) is 0 Å². The molecule has 0 spiro atoms. The smallest absolute Gasteiger partial charge is 0.0594 e. The van der Waals surface area contributed by atoms with Gasteiger partial charge in [0.2, 0.25) is 0 Å². The summed E-state index contributed by atoms with van der Waals surface area (Å²) in [5, 5.41) is 3.90. The van der Waals surface area contributed by atoms with E-state index in [2.05, 4.69) is 52.3 Å². The third-order valence-corrected chi connectivity index (χ3v) is 7.13. The van der Waals surface area contributed by atoms with Crippen molar-refractivity contribution in [2.24, 2.45) is 0 Å². The fourth-order valence-corrected chi connectivity index (χ4v) is 5.73. The second-order valence-electron chi connectivity index (χ2n) is 7.28. The average Bonchev–Trinajstić information content (AvgIpc) is 3.05. The topological polar surface area (TPSA) is 24.5 Å². The Labute approximate surface area is 144 Å². The summed E-state index contributed by atoms with van der Waals surface area (Å²) < 4.78 is 5.56. The first-order valence-electron chi connectivity index (χ1n) is 9.05. The van der Waals surface area contributed by atoms with Crippen LogP contribution in [-0.4, -0.2) is 60.8 Å². The molecule has 0 aromatic heterocycles. The first kappa shape index (κ1) is 15.9. The number of hydrogen-bond donors (Lipinski definition) is 1. The molecule has 1 aromatic carbocycles. The van der Waals surface area contributed by atoms with Crippen LogP contribution in [-0.2, 0) is 4.74 Å². The van der Waals surface area contributed by atoms with Crippen LogP contribution >= 0.6 is 11.8 Å². The predicted octanol–water partition coefficient (Wildman–Crippen LogP) is 2.73. The Morgan fingerprint density at radius 1 is 1.17 bits per heavy atom. The molecule has 1 N–H and O–H groups in total. The molecule has 23 heavy (non-hydrogen) atoms. The van der Waals surface area contributed by atoms with Crippen molar-refractivity contribution in [2.45, 2.75) is 36.8 Å². The molecular formula is C19H28N2OS. The van der Waals surface area contributed by atoms with Crippen molar-refractivity contribution in [2.75, 3.05) is 44.4 Å². The molecule has 2 saturated heterocycles. The summed E-state index contributed by atoms with van der Waals surface area (Å²) in [6, 6.07) is 11.7. The van der Waals surface area contributed by atoms with Crippen LogP contribution in [0, 0.1) is 0 Å². The molecule has 1 aliphatic carbocycles. The van der Waals surface area contributed by atoms with Gasteiger partial charge in [-0.1, -0.05) is 30.3 Å². The van der Waals surface area contributed by atoms with Crippen LogP contribution in [0.15, 0.2) is 30.3 Å². The van der Waals surface area contributed by atoms with E-state index in [-0.39, 0.29) is 0 Å². The summed E-state index contributed by atoms with van der Waals surface area (Å²) in [4.78, 5) is 2.71. The fourth-order valence-electron chi connectivity index (χ4n) is 4.25. The van der Waals surface area contributed by atoms with Crippen molar-refractivity contribution < 1.29 is 4.74 Å². The molecular weight excluding hydrogens is 304 g/mol. The van der Waals surface area contributed by atoms with Crippen LogP contribution in [0.4, 0.5) is 0 Å². The highest BCUT2D eigenvalue weighted by Gasteiger charge is 2.41. The molecule has 0 unspecified atom stereocenters. The summed E-state index contributed by atoms with van der Waals surface area (Å²) in [5.41, 5.74) is 1.90. The minimum absolute atomic E-state index is 0.381. The van der Waals surface area contributed by atoms with Gasteiger partial charge in [-0.2, -0.15) is 11.8 Å². The molecule has 126 valence electrons. The second-order valence-corrected chi connectivity index (χ2v) is 8.39. The maximum atomic E-state index is 5.56. The van der Waals surface area contributed by atoms with Crippen molar-refractivity contribution >= 4 is 11.8 Å². The minimum atomic E-state index is 0.381. The zero-order chi connectivity index (χ0) is 15.5. The van der Waals surface area contributed by atoms with E-state index in [0.29, 0.717) is 11.6 Å². The number of rotatable bonds is 5. The number of benzene rings is 1. The quantitative estimate of drug-likeness (QED) is 0.896. The number of ether oxygens (including phenoxy) is 1. The van der Waals surface area contributed by atoms with Crippen LogP contribution in [0.1, 0.15) is 30.7 Å². The van der Waals surface area contributed by atoms with Gasteiger partial charge in [0, 0.05) is 37.0 Å². The third kappa shape index (κ3) is 3.46. The molecule has 4 heteroatoms. The number of nitrogens with one attached hydrogen (secondary N) is 1. The van der Waals surface area contributed by atoms with Crippen molar-refractivity contribution in [1.82, 2.24) is 10.2 Å². The Morgan fingerprint density at radius 2 is 1.96 bits per heavy atom. The molecule has 1 aromatic rings. The van der Waals surface area contributed by atoms with Crippen LogP contribution in [0.3, 0.4) is 0 Å². The number of morpholine rings is 1. The SMILES string of the molecule is c1ccc(C2CC(NC[C@]3(N4CCOCC4)CCSC3)C2)cc1. The van der Waals surface area contributed by atoms with Gasteiger partial charge in [0.1, 0.15) is 0 Å². The summed E-state index contributed by atoms with van der Waals surface area (Å²) in [6.45, 7) is 5.20. The molecule has 0 bridgehead atoms. The number of nitrogens with zero attached hydrogens (tertiary/aromatic N) is 1. The molecule has 3 fully saturated rings. The van der Waals surface area contributed by atoms with E-state index in [4.69, 9.17) is 4.74 Å². The van der Waals surface area contributed by atoms with Gasteiger partial charge in [0.05, 0.1) is 13.2 Å². The monoisotopic (exact) mass is 332 g/mol. The lowest BCUT2D eigenvalue weighted by Crippen LogP contribution is -2.60. The zero-order valence-electron chi connectivity index (χ0n) is 13.9. The largest absolute Gasteiger partial charge is 0.379 e. The maximum absolute atomic E-state index is 5.56. The standard InChI is InChI=1S/C19H28N2OS/c1-2-4-16(5-3-1)17-12-18(13-17)20-14-19(6-11-23-15-19)21-7-9-22-10-8-21/h1-5,17-18,20H,6-15H2/t17?,18?,19-/m1/s1. The summed E-state index contributed by atoms with van der Waals surface area (Å²) in [6.07, 6.45) is 3.94. The summed E-state index contributed by atoms with van der Waals surface area (Å²) >= 11 is 2.13. The van der Waals surface area contributed by atoms with E-state index < -0.39 is 0 Å². The molecule has 2 heterocycles. The first-order valence-corrected chi connectivity index (χ1v) is 10.2. The molecule has 1 atom stereocenters. The van der Waals surface area contributed by atoms with E-state index in [1.165, 1.54) is 36.3 Å². The molecule has 4 rings (SSSR count). The maximum Gasteiger partial charge on any atom is 0.0594 e. The Bertz CT molecular complexity index is 491. The zero-order valence-corrected chi connectivity index (χ0v) is 14.7. The Morgan fingerprint density at radius 3 is 2.65 bits per heavy atom. The van der Waals surface area contributed by atoms with E-state index in [1.807, 2.05) is 0 Å². The van der Waals surface area contributed by atoms with E-state index >= 15 is 0 Å². The number of thioether (sulfide) groups is 1.